The minimum atomic E-state index is -4.24. The fraction of sp³-hybridized carbons (Fsp3) is 0.318. The highest BCUT2D eigenvalue weighted by molar-refractivity contribution is 7.89. The van der Waals surface area contributed by atoms with Crippen LogP contribution in [-0.4, -0.2) is 61.9 Å². The van der Waals surface area contributed by atoms with Crippen LogP contribution in [0.15, 0.2) is 47.4 Å². The lowest BCUT2D eigenvalue weighted by molar-refractivity contribution is -0.144. The molecular formula is C22H25N3O8S. The number of fused-ring (bicyclic) bond motifs is 1. The van der Waals surface area contributed by atoms with Crippen molar-refractivity contribution in [1.29, 1.82) is 0 Å². The molecule has 1 aliphatic rings. The molecule has 12 heteroatoms. The zero-order chi connectivity index (χ0) is 25.0. The Hall–Kier alpha value is -3.64. The molecular weight excluding hydrogens is 466 g/mol. The van der Waals surface area contributed by atoms with Crippen molar-refractivity contribution in [3.05, 3.63) is 53.6 Å². The van der Waals surface area contributed by atoms with E-state index in [9.17, 15) is 27.9 Å². The van der Waals surface area contributed by atoms with E-state index in [2.05, 4.69) is 5.32 Å². The Morgan fingerprint density at radius 3 is 2.35 bits per heavy atom. The molecule has 2 atom stereocenters. The lowest BCUT2D eigenvalue weighted by Crippen LogP contribution is -2.55. The fourth-order valence-electron chi connectivity index (χ4n) is 3.76. The van der Waals surface area contributed by atoms with Crippen LogP contribution >= 0.6 is 0 Å². The number of hydrogen-bond acceptors (Lipinski definition) is 7. The number of nitrogens with one attached hydrogen (secondary N) is 1. The van der Waals surface area contributed by atoms with Crippen LogP contribution in [0.3, 0.4) is 0 Å². The maximum absolute atomic E-state index is 13.6. The number of aliphatic carboxylic acids is 1. The normalized spacial score (nSPS) is 16.7. The third-order valence-corrected chi connectivity index (χ3v) is 7.34. The van der Waals surface area contributed by atoms with Gasteiger partial charge in [-0.3, -0.25) is 9.59 Å². The predicted octanol–water partition coefficient (Wildman–Crippen LogP) is 0.264. The molecule has 0 spiro atoms. The summed E-state index contributed by atoms with van der Waals surface area (Å²) in [5.41, 5.74) is 6.55. The largest absolute Gasteiger partial charge is 0.493 e. The molecule has 1 heterocycles. The van der Waals surface area contributed by atoms with Crippen molar-refractivity contribution in [3.8, 4) is 11.5 Å². The number of nitrogens with zero attached hydrogens (tertiary/aromatic N) is 1. The third kappa shape index (κ3) is 5.13. The Bertz CT molecular complexity index is 1210. The SMILES string of the molecule is COc1ccc(S(=O)(=O)N2Cc3ccccc3C[C@H]2C(=O)NC(CC(N)=O)C(=O)O)cc1OC. The summed E-state index contributed by atoms with van der Waals surface area (Å²) in [4.78, 5) is 35.7. The number of methoxy groups -OCH3 is 2. The zero-order valence-corrected chi connectivity index (χ0v) is 19.4. The van der Waals surface area contributed by atoms with Crippen LogP contribution in [0.2, 0.25) is 0 Å². The monoisotopic (exact) mass is 491 g/mol. The number of nitrogens with two attached hydrogens (primary N) is 1. The molecule has 4 N–H and O–H groups in total. The van der Waals surface area contributed by atoms with Crippen molar-refractivity contribution in [1.82, 2.24) is 9.62 Å². The van der Waals surface area contributed by atoms with Gasteiger partial charge in [0.1, 0.15) is 12.1 Å². The van der Waals surface area contributed by atoms with E-state index in [1.54, 1.807) is 24.3 Å². The lowest BCUT2D eigenvalue weighted by Gasteiger charge is -2.35. The quantitative estimate of drug-likeness (QED) is 0.449. The van der Waals surface area contributed by atoms with E-state index in [1.165, 1.54) is 32.4 Å². The molecule has 2 aromatic carbocycles. The topological polar surface area (TPSA) is 165 Å². The van der Waals surface area contributed by atoms with Crippen LogP contribution < -0.4 is 20.5 Å². The molecule has 0 saturated carbocycles. The average Bonchev–Trinajstić information content (AvgIpc) is 2.81. The molecule has 2 aromatic rings. The van der Waals surface area contributed by atoms with Gasteiger partial charge in [-0.1, -0.05) is 24.3 Å². The molecule has 34 heavy (non-hydrogen) atoms. The molecule has 0 saturated heterocycles. The number of carbonyl (C=O) groups is 3. The van der Waals surface area contributed by atoms with Crippen LogP contribution in [0.1, 0.15) is 17.5 Å². The minimum Gasteiger partial charge on any atom is -0.493 e. The van der Waals surface area contributed by atoms with Crippen molar-refractivity contribution in [2.24, 2.45) is 5.73 Å². The molecule has 3 rings (SSSR count). The van der Waals surface area contributed by atoms with E-state index in [0.29, 0.717) is 11.3 Å². The van der Waals surface area contributed by atoms with Crippen molar-refractivity contribution in [2.45, 2.75) is 36.4 Å². The molecule has 0 aliphatic carbocycles. The molecule has 1 unspecified atom stereocenters. The average molecular weight is 492 g/mol. The highest BCUT2D eigenvalue weighted by Gasteiger charge is 2.41. The van der Waals surface area contributed by atoms with Gasteiger partial charge in [-0.15, -0.1) is 0 Å². The van der Waals surface area contributed by atoms with E-state index >= 15 is 0 Å². The molecule has 1 aliphatic heterocycles. The Morgan fingerprint density at radius 1 is 1.12 bits per heavy atom. The highest BCUT2D eigenvalue weighted by atomic mass is 32.2. The van der Waals surface area contributed by atoms with Crippen molar-refractivity contribution < 1.29 is 37.4 Å². The van der Waals surface area contributed by atoms with Crippen LogP contribution in [0.25, 0.3) is 0 Å². The predicted molar refractivity (Wildman–Crippen MR) is 120 cm³/mol. The Labute approximate surface area is 196 Å². The molecule has 0 bridgehead atoms. The summed E-state index contributed by atoms with van der Waals surface area (Å²) in [5, 5.41) is 11.6. The second-order valence-corrected chi connectivity index (χ2v) is 9.52. The summed E-state index contributed by atoms with van der Waals surface area (Å²) >= 11 is 0. The molecule has 0 aromatic heterocycles. The second-order valence-electron chi connectivity index (χ2n) is 7.63. The summed E-state index contributed by atoms with van der Waals surface area (Å²) in [6.45, 7) is -0.113. The summed E-state index contributed by atoms with van der Waals surface area (Å²) in [6.07, 6.45) is -0.621. The summed E-state index contributed by atoms with van der Waals surface area (Å²) < 4.78 is 38.7. The fourth-order valence-corrected chi connectivity index (χ4v) is 5.34. The maximum Gasteiger partial charge on any atom is 0.326 e. The number of amides is 2. The number of hydrogen-bond donors (Lipinski definition) is 3. The standard InChI is InChI=1S/C22H25N3O8S/c1-32-18-8-7-15(10-19(18)33-2)34(30,31)25-12-14-6-4-3-5-13(14)9-17(25)21(27)24-16(22(28)29)11-20(23)26/h3-8,10,16-17H,9,11-12H2,1-2H3,(H2,23,26)(H,24,27)(H,28,29)/t16?,17-/m0/s1. The number of rotatable bonds is 9. The Kier molecular flexibility index (Phi) is 7.42. The van der Waals surface area contributed by atoms with Gasteiger partial charge in [-0.2, -0.15) is 4.31 Å². The van der Waals surface area contributed by atoms with Crippen molar-refractivity contribution >= 4 is 27.8 Å². The highest BCUT2D eigenvalue weighted by Crippen LogP contribution is 2.34. The van der Waals surface area contributed by atoms with E-state index in [1.807, 2.05) is 0 Å². The van der Waals surface area contributed by atoms with Crippen LogP contribution in [0.5, 0.6) is 11.5 Å². The summed E-state index contributed by atoms with van der Waals surface area (Å²) in [7, 11) is -1.45. The van der Waals surface area contributed by atoms with E-state index in [4.69, 9.17) is 15.2 Å². The number of carbonyl (C=O) groups excluding carboxylic acids is 2. The van der Waals surface area contributed by atoms with Gasteiger partial charge in [0.05, 0.1) is 25.5 Å². The van der Waals surface area contributed by atoms with Gasteiger partial charge in [0, 0.05) is 12.6 Å². The van der Waals surface area contributed by atoms with E-state index < -0.39 is 46.3 Å². The van der Waals surface area contributed by atoms with E-state index in [0.717, 1.165) is 9.87 Å². The van der Waals surface area contributed by atoms with Crippen molar-refractivity contribution in [3.63, 3.8) is 0 Å². The molecule has 2 amide bonds. The van der Waals surface area contributed by atoms with Crippen LogP contribution in [0.4, 0.5) is 0 Å². The number of ether oxygens (including phenoxy) is 2. The summed E-state index contributed by atoms with van der Waals surface area (Å²) in [6, 6.07) is 8.26. The van der Waals surface area contributed by atoms with Gasteiger partial charge in [0.25, 0.3) is 0 Å². The minimum absolute atomic E-state index is 0.0113. The molecule has 0 radical (unpaired) electrons. The van der Waals surface area contributed by atoms with Crippen molar-refractivity contribution in [2.75, 3.05) is 14.2 Å². The number of benzene rings is 2. The van der Waals surface area contributed by atoms with Gasteiger partial charge in [0.2, 0.25) is 21.8 Å². The smallest absolute Gasteiger partial charge is 0.326 e. The number of primary amides is 1. The lowest BCUT2D eigenvalue weighted by atomic mass is 9.95. The first kappa shape index (κ1) is 25.0. The maximum atomic E-state index is 13.6. The van der Waals surface area contributed by atoms with Gasteiger partial charge >= 0.3 is 5.97 Å². The molecule has 0 fully saturated rings. The first-order valence-corrected chi connectivity index (χ1v) is 11.6. The zero-order valence-electron chi connectivity index (χ0n) is 18.6. The van der Waals surface area contributed by atoms with Gasteiger partial charge < -0.3 is 25.6 Å². The first-order valence-electron chi connectivity index (χ1n) is 10.2. The molecule has 11 nitrogen and oxygen atoms in total. The number of carboxylic acids is 1. The van der Waals surface area contributed by atoms with Crippen LogP contribution in [0, 0.1) is 0 Å². The second kappa shape index (κ2) is 10.1. The van der Waals surface area contributed by atoms with Gasteiger partial charge in [0.15, 0.2) is 11.5 Å². The number of carboxylic acid groups (broad SMARTS) is 1. The van der Waals surface area contributed by atoms with Gasteiger partial charge in [-0.25, -0.2) is 13.2 Å². The van der Waals surface area contributed by atoms with Crippen LogP contribution in [-0.2, 0) is 37.4 Å². The van der Waals surface area contributed by atoms with Gasteiger partial charge in [-0.05, 0) is 29.7 Å². The molecule has 182 valence electrons. The Balaban J connectivity index is 2.02. The van der Waals surface area contributed by atoms with E-state index in [-0.39, 0.29) is 23.6 Å². The summed E-state index contributed by atoms with van der Waals surface area (Å²) in [5.74, 6) is -2.72. The number of sulfonamides is 1. The third-order valence-electron chi connectivity index (χ3n) is 5.49. The Morgan fingerprint density at radius 2 is 1.76 bits per heavy atom. The first-order chi connectivity index (χ1) is 16.1.